The van der Waals surface area contributed by atoms with Crippen LogP contribution in [0.25, 0.3) is 0 Å². The lowest BCUT2D eigenvalue weighted by Gasteiger charge is -2.43. The van der Waals surface area contributed by atoms with Gasteiger partial charge in [-0.3, -0.25) is 14.3 Å². The van der Waals surface area contributed by atoms with E-state index in [-0.39, 0.29) is 29.9 Å². The highest BCUT2D eigenvalue weighted by Gasteiger charge is 2.38. The molecule has 2 aromatic carbocycles. The maximum atomic E-state index is 14.5. The van der Waals surface area contributed by atoms with Crippen molar-refractivity contribution in [3.8, 4) is 5.75 Å². The van der Waals surface area contributed by atoms with Crippen molar-refractivity contribution >= 4 is 39.0 Å². The normalized spacial score (nSPS) is 29.1. The van der Waals surface area contributed by atoms with Crippen LogP contribution in [0.2, 0.25) is 5.02 Å². The van der Waals surface area contributed by atoms with Gasteiger partial charge < -0.3 is 23.8 Å². The minimum atomic E-state index is -3.52. The third-order valence-electron chi connectivity index (χ3n) is 10.8. The summed E-state index contributed by atoms with van der Waals surface area (Å²) in [7, 11) is -1.77. The van der Waals surface area contributed by atoms with Crippen molar-refractivity contribution in [3.05, 3.63) is 70.3 Å². The summed E-state index contributed by atoms with van der Waals surface area (Å²) in [4.78, 5) is 29.5. The van der Waals surface area contributed by atoms with Gasteiger partial charge in [0.15, 0.2) is 0 Å². The van der Waals surface area contributed by atoms with Crippen LogP contribution in [0.1, 0.15) is 80.3 Å². The number of hydrogen-bond donors (Lipinski definition) is 1. The second-order valence-corrected chi connectivity index (χ2v) is 17.3. The molecule has 5 atom stereocenters. The molecule has 0 aromatic heterocycles. The van der Waals surface area contributed by atoms with Crippen LogP contribution >= 0.6 is 11.6 Å². The SMILES string of the molecule is CO[C@H]1/C=C/C[C@H](C)CS(=O)(NC(=O)COC2(C)CCOCC2)=NC(=O)c2ccc3c(c2)N(Cc2ccc(Cl)cc2CCCCO3)C[C@@H]2CC[C@H]21. The first-order chi connectivity index (χ1) is 24.5. The van der Waals surface area contributed by atoms with Crippen LogP contribution < -0.4 is 14.4 Å². The average Bonchev–Trinajstić information content (AvgIpc) is 3.11. The third kappa shape index (κ3) is 9.73. The molecule has 4 aliphatic rings. The summed E-state index contributed by atoms with van der Waals surface area (Å²) in [6.07, 6.45) is 10.9. The Morgan fingerprint density at radius 3 is 2.71 bits per heavy atom. The number of halogens is 1. The van der Waals surface area contributed by atoms with Crippen molar-refractivity contribution in [3.63, 3.8) is 0 Å². The van der Waals surface area contributed by atoms with E-state index >= 15 is 0 Å². The maximum absolute atomic E-state index is 14.5. The Labute approximate surface area is 307 Å². The Bertz CT molecular complexity index is 1720. The highest BCUT2D eigenvalue weighted by molar-refractivity contribution is 7.92. The first-order valence-corrected chi connectivity index (χ1v) is 20.4. The number of amides is 2. The lowest BCUT2D eigenvalue weighted by molar-refractivity contribution is -0.138. The number of fused-ring (bicyclic) bond motifs is 3. The highest BCUT2D eigenvalue weighted by Crippen LogP contribution is 2.42. The van der Waals surface area contributed by atoms with Crippen LogP contribution in [0.15, 0.2) is 52.9 Å². The molecule has 2 aromatic rings. The Morgan fingerprint density at radius 2 is 1.94 bits per heavy atom. The lowest BCUT2D eigenvalue weighted by atomic mass is 9.70. The van der Waals surface area contributed by atoms with Gasteiger partial charge >= 0.3 is 0 Å². The first kappa shape index (κ1) is 37.8. The van der Waals surface area contributed by atoms with Gasteiger partial charge in [-0.05, 0) is 118 Å². The number of carbonyl (C=O) groups excluding carboxylic acids is 2. The second kappa shape index (κ2) is 16.8. The lowest BCUT2D eigenvalue weighted by Crippen LogP contribution is -2.43. The Kier molecular flexibility index (Phi) is 12.4. The molecule has 12 heteroatoms. The fourth-order valence-corrected chi connectivity index (χ4v) is 9.66. The molecule has 1 saturated carbocycles. The van der Waals surface area contributed by atoms with Crippen molar-refractivity contribution < 1.29 is 32.7 Å². The number of rotatable bonds is 5. The Balaban J connectivity index is 1.38. The summed E-state index contributed by atoms with van der Waals surface area (Å²) in [5, 5.41) is 0.714. The minimum absolute atomic E-state index is 0.00313. The Hall–Kier alpha value is -2.96. The van der Waals surface area contributed by atoms with Gasteiger partial charge in [0.2, 0.25) is 0 Å². The summed E-state index contributed by atoms with van der Waals surface area (Å²) in [5.41, 5.74) is 2.94. The molecule has 0 spiro atoms. The van der Waals surface area contributed by atoms with Gasteiger partial charge in [0.25, 0.3) is 11.8 Å². The van der Waals surface area contributed by atoms with Crippen molar-refractivity contribution in [2.24, 2.45) is 22.1 Å². The van der Waals surface area contributed by atoms with E-state index < -0.39 is 27.3 Å². The topological polar surface area (TPSA) is 116 Å². The zero-order valence-corrected chi connectivity index (χ0v) is 31.6. The monoisotopic (exact) mass is 741 g/mol. The summed E-state index contributed by atoms with van der Waals surface area (Å²) in [5.74, 6) is 0.000248. The zero-order valence-electron chi connectivity index (χ0n) is 30.1. The molecule has 3 aliphatic heterocycles. The maximum Gasteiger partial charge on any atom is 0.286 e. The van der Waals surface area contributed by atoms with E-state index in [0.717, 1.165) is 44.3 Å². The van der Waals surface area contributed by atoms with Crippen molar-refractivity contribution in [2.45, 2.75) is 83.5 Å². The standard InChI is InChI=1S/C39H52ClN3O7S/c1-27-7-6-9-35(47-3)33-14-11-31(33)24-43-23-30-10-13-32(40)21-28(30)8-4-5-18-49-36-15-12-29(22-34(36)43)38(45)42-51(46,26-27)41-37(44)25-50-39(2)16-19-48-20-17-39/h6,9-10,12-13,15,21-22,27,31,33,35H,4-5,7-8,11,14,16-20,23-26H2,1-3H3,(H,41,42,44,45,46)/b9-6+/t27-,31-,33+,35-,51?/m0/s1. The number of anilines is 1. The fourth-order valence-electron chi connectivity index (χ4n) is 7.57. The number of nitrogens with zero attached hydrogens (tertiary/aromatic N) is 2. The van der Waals surface area contributed by atoms with E-state index in [0.29, 0.717) is 68.2 Å². The summed E-state index contributed by atoms with van der Waals surface area (Å²) in [6.45, 7) is 6.58. The number of carbonyl (C=O) groups is 2. The van der Waals surface area contributed by atoms with Crippen LogP contribution in [0.4, 0.5) is 5.69 Å². The smallest absolute Gasteiger partial charge is 0.286 e. The molecule has 0 radical (unpaired) electrons. The first-order valence-electron chi connectivity index (χ1n) is 18.3. The number of methoxy groups -OCH3 is 1. The molecule has 3 heterocycles. The predicted octanol–water partition coefficient (Wildman–Crippen LogP) is 6.92. The molecule has 51 heavy (non-hydrogen) atoms. The highest BCUT2D eigenvalue weighted by atomic mass is 35.5. The molecule has 1 N–H and O–H groups in total. The van der Waals surface area contributed by atoms with Crippen LogP contribution in [-0.4, -0.2) is 73.6 Å². The molecule has 1 aliphatic carbocycles. The zero-order chi connectivity index (χ0) is 36.0. The van der Waals surface area contributed by atoms with Crippen LogP contribution in [-0.2, 0) is 41.9 Å². The van der Waals surface area contributed by atoms with Crippen LogP contribution in [0, 0.1) is 17.8 Å². The van der Waals surface area contributed by atoms with Gasteiger partial charge in [0, 0.05) is 44.0 Å². The van der Waals surface area contributed by atoms with Gasteiger partial charge in [0.05, 0.1) is 29.8 Å². The largest absolute Gasteiger partial charge is 0.491 e. The number of aryl methyl sites for hydroxylation is 1. The van der Waals surface area contributed by atoms with Crippen molar-refractivity contribution in [2.75, 3.05) is 50.7 Å². The molecule has 2 amide bonds. The fraction of sp³-hybridized carbons (Fsp3) is 0.590. The van der Waals surface area contributed by atoms with Crippen LogP contribution in [0.3, 0.4) is 0 Å². The third-order valence-corrected chi connectivity index (χ3v) is 13.0. The molecular formula is C39H52ClN3O7S. The Morgan fingerprint density at radius 1 is 1.12 bits per heavy atom. The number of hydrogen-bond acceptors (Lipinski definition) is 8. The average molecular weight is 742 g/mol. The summed E-state index contributed by atoms with van der Waals surface area (Å²) >= 11 is 6.47. The predicted molar refractivity (Wildman–Crippen MR) is 200 cm³/mol. The molecule has 1 unspecified atom stereocenters. The van der Waals surface area contributed by atoms with Gasteiger partial charge in [-0.1, -0.05) is 36.7 Å². The quantitative estimate of drug-likeness (QED) is 0.329. The summed E-state index contributed by atoms with van der Waals surface area (Å²) in [6, 6.07) is 11.4. The van der Waals surface area contributed by atoms with E-state index in [4.69, 9.17) is 30.5 Å². The van der Waals surface area contributed by atoms with E-state index in [9.17, 15) is 13.8 Å². The molecular weight excluding hydrogens is 690 g/mol. The molecule has 2 fully saturated rings. The van der Waals surface area contributed by atoms with E-state index in [2.05, 4.69) is 38.3 Å². The van der Waals surface area contributed by atoms with Gasteiger partial charge in [-0.25, -0.2) is 4.21 Å². The minimum Gasteiger partial charge on any atom is -0.491 e. The summed E-state index contributed by atoms with van der Waals surface area (Å²) < 4.78 is 45.2. The number of ether oxygens (including phenoxy) is 4. The van der Waals surface area contributed by atoms with Gasteiger partial charge in [-0.15, -0.1) is 4.36 Å². The molecule has 10 nitrogen and oxygen atoms in total. The molecule has 278 valence electrons. The molecule has 1 saturated heterocycles. The van der Waals surface area contributed by atoms with Gasteiger partial charge in [-0.2, -0.15) is 0 Å². The second-order valence-electron chi connectivity index (χ2n) is 14.8. The molecule has 2 bridgehead atoms. The molecule has 6 rings (SSSR count). The van der Waals surface area contributed by atoms with Crippen LogP contribution in [0.5, 0.6) is 5.75 Å². The van der Waals surface area contributed by atoms with Gasteiger partial charge in [0.1, 0.15) is 22.3 Å². The van der Waals surface area contributed by atoms with E-state index in [1.807, 2.05) is 32.0 Å². The number of allylic oxidation sites excluding steroid dienone is 1. The van der Waals surface area contributed by atoms with Crippen molar-refractivity contribution in [1.82, 2.24) is 4.72 Å². The van der Waals surface area contributed by atoms with Crippen molar-refractivity contribution in [1.29, 1.82) is 0 Å². The number of nitrogens with one attached hydrogen (secondary N) is 1. The van der Waals surface area contributed by atoms with E-state index in [1.54, 1.807) is 13.2 Å². The number of benzene rings is 2. The van der Waals surface area contributed by atoms with E-state index in [1.165, 1.54) is 11.1 Å².